The second-order valence-electron chi connectivity index (χ2n) is 5.59. The van der Waals surface area contributed by atoms with Crippen LogP contribution in [0.25, 0.3) is 0 Å². The molecule has 0 aromatic heterocycles. The predicted octanol–water partition coefficient (Wildman–Crippen LogP) is 3.53. The van der Waals surface area contributed by atoms with Crippen molar-refractivity contribution in [2.45, 2.75) is 38.8 Å². The van der Waals surface area contributed by atoms with Crippen LogP contribution in [0.3, 0.4) is 0 Å². The van der Waals surface area contributed by atoms with Crippen LogP contribution in [-0.4, -0.2) is 12.1 Å². The maximum Gasteiger partial charge on any atom is 0.119 e. The van der Waals surface area contributed by atoms with Gasteiger partial charge in [-0.05, 0) is 50.3 Å². The van der Waals surface area contributed by atoms with Crippen molar-refractivity contribution in [2.24, 2.45) is 5.92 Å². The van der Waals surface area contributed by atoms with Gasteiger partial charge in [0.15, 0.2) is 0 Å². The fourth-order valence-electron chi connectivity index (χ4n) is 2.14. The third-order valence-corrected chi connectivity index (χ3v) is 3.64. The summed E-state index contributed by atoms with van der Waals surface area (Å²) in [4.78, 5) is 0. The molecule has 0 radical (unpaired) electrons. The Bertz CT molecular complexity index is 390. The molecule has 98 valence electrons. The van der Waals surface area contributed by atoms with E-state index in [0.29, 0.717) is 6.61 Å². The lowest BCUT2D eigenvalue weighted by Crippen LogP contribution is -2.40. The van der Waals surface area contributed by atoms with Gasteiger partial charge in [0.1, 0.15) is 12.4 Å². The van der Waals surface area contributed by atoms with Crippen molar-refractivity contribution < 1.29 is 4.74 Å². The predicted molar refractivity (Wildman–Crippen MR) is 75.8 cm³/mol. The Morgan fingerprint density at radius 1 is 1.33 bits per heavy atom. The molecule has 2 rings (SSSR count). The van der Waals surface area contributed by atoms with Gasteiger partial charge in [-0.1, -0.05) is 24.8 Å². The van der Waals surface area contributed by atoms with Crippen LogP contribution in [0.2, 0.25) is 0 Å². The zero-order valence-electron chi connectivity index (χ0n) is 11.4. The third-order valence-electron chi connectivity index (χ3n) is 3.64. The van der Waals surface area contributed by atoms with E-state index in [0.717, 1.165) is 18.2 Å². The van der Waals surface area contributed by atoms with Crippen LogP contribution in [0.4, 0.5) is 0 Å². The minimum Gasteiger partial charge on any atom is -0.490 e. The first-order valence-corrected chi connectivity index (χ1v) is 6.69. The molecule has 0 bridgehead atoms. The second-order valence-corrected chi connectivity index (χ2v) is 5.59. The number of benzene rings is 1. The molecule has 0 unspecified atom stereocenters. The third kappa shape index (κ3) is 3.61. The summed E-state index contributed by atoms with van der Waals surface area (Å²) in [7, 11) is 0. The summed E-state index contributed by atoms with van der Waals surface area (Å²) in [6.45, 7) is 9.72. The number of rotatable bonds is 7. The van der Waals surface area contributed by atoms with E-state index in [2.05, 4.69) is 37.9 Å². The largest absolute Gasteiger partial charge is 0.490 e. The van der Waals surface area contributed by atoms with Crippen LogP contribution < -0.4 is 10.1 Å². The SMILES string of the molecule is C=CCOc1ccc(CNC(C)(C)C2CC2)cc1. The number of nitrogens with one attached hydrogen (secondary N) is 1. The molecule has 0 amide bonds. The van der Waals surface area contributed by atoms with E-state index in [1.165, 1.54) is 18.4 Å². The van der Waals surface area contributed by atoms with E-state index in [9.17, 15) is 0 Å². The van der Waals surface area contributed by atoms with E-state index < -0.39 is 0 Å². The fraction of sp³-hybridized carbons (Fsp3) is 0.500. The molecule has 2 nitrogen and oxygen atoms in total. The quantitative estimate of drug-likeness (QED) is 0.742. The lowest BCUT2D eigenvalue weighted by Gasteiger charge is -2.26. The van der Waals surface area contributed by atoms with Crippen molar-refractivity contribution in [1.82, 2.24) is 5.32 Å². The van der Waals surface area contributed by atoms with Gasteiger partial charge in [-0.3, -0.25) is 0 Å². The molecule has 0 heterocycles. The summed E-state index contributed by atoms with van der Waals surface area (Å²) < 4.78 is 5.47. The van der Waals surface area contributed by atoms with Crippen molar-refractivity contribution in [3.63, 3.8) is 0 Å². The molecule has 2 heteroatoms. The van der Waals surface area contributed by atoms with Gasteiger partial charge in [-0.25, -0.2) is 0 Å². The van der Waals surface area contributed by atoms with E-state index in [-0.39, 0.29) is 5.54 Å². The van der Waals surface area contributed by atoms with Gasteiger partial charge in [0.2, 0.25) is 0 Å². The Hall–Kier alpha value is -1.28. The highest BCUT2D eigenvalue weighted by Crippen LogP contribution is 2.39. The highest BCUT2D eigenvalue weighted by molar-refractivity contribution is 5.27. The van der Waals surface area contributed by atoms with Gasteiger partial charge in [-0.2, -0.15) is 0 Å². The molecule has 1 aliphatic carbocycles. The molecule has 0 saturated heterocycles. The minimum atomic E-state index is 0.262. The van der Waals surface area contributed by atoms with Crippen molar-refractivity contribution in [3.8, 4) is 5.75 Å². The summed E-state index contributed by atoms with van der Waals surface area (Å²) in [6.07, 6.45) is 4.50. The highest BCUT2D eigenvalue weighted by atomic mass is 16.5. The molecule has 0 atom stereocenters. The van der Waals surface area contributed by atoms with E-state index in [4.69, 9.17) is 4.74 Å². The molecule has 18 heavy (non-hydrogen) atoms. The molecule has 1 aromatic rings. The van der Waals surface area contributed by atoms with Gasteiger partial charge in [0, 0.05) is 12.1 Å². The van der Waals surface area contributed by atoms with Gasteiger partial charge in [0.25, 0.3) is 0 Å². The molecule has 1 aliphatic rings. The average Bonchev–Trinajstić information content (AvgIpc) is 3.20. The Balaban J connectivity index is 1.84. The summed E-state index contributed by atoms with van der Waals surface area (Å²) in [5, 5.41) is 3.64. The Labute approximate surface area is 110 Å². The number of ether oxygens (including phenoxy) is 1. The van der Waals surface area contributed by atoms with E-state index in [1.54, 1.807) is 6.08 Å². The topological polar surface area (TPSA) is 21.3 Å². The summed E-state index contributed by atoms with van der Waals surface area (Å²) >= 11 is 0. The molecule has 0 aliphatic heterocycles. The van der Waals surface area contributed by atoms with Gasteiger partial charge in [-0.15, -0.1) is 0 Å². The molecular weight excluding hydrogens is 222 g/mol. The molecule has 1 saturated carbocycles. The first kappa shape index (κ1) is 13.2. The number of hydrogen-bond donors (Lipinski definition) is 1. The maximum atomic E-state index is 5.47. The first-order chi connectivity index (χ1) is 8.62. The number of hydrogen-bond acceptors (Lipinski definition) is 2. The Morgan fingerprint density at radius 2 is 2.00 bits per heavy atom. The van der Waals surface area contributed by atoms with Crippen molar-refractivity contribution in [3.05, 3.63) is 42.5 Å². The van der Waals surface area contributed by atoms with Crippen LogP contribution in [0.5, 0.6) is 5.75 Å². The van der Waals surface area contributed by atoms with Crippen LogP contribution in [0.1, 0.15) is 32.3 Å². The van der Waals surface area contributed by atoms with Crippen molar-refractivity contribution in [1.29, 1.82) is 0 Å². The van der Waals surface area contributed by atoms with Gasteiger partial charge >= 0.3 is 0 Å². The molecule has 0 spiro atoms. The maximum absolute atomic E-state index is 5.47. The fourth-order valence-corrected chi connectivity index (χ4v) is 2.14. The zero-order chi connectivity index (χ0) is 13.0. The molecule has 1 fully saturated rings. The summed E-state index contributed by atoms with van der Waals surface area (Å²) in [5.74, 6) is 1.76. The monoisotopic (exact) mass is 245 g/mol. The van der Waals surface area contributed by atoms with Crippen LogP contribution in [0.15, 0.2) is 36.9 Å². The van der Waals surface area contributed by atoms with E-state index >= 15 is 0 Å². The van der Waals surface area contributed by atoms with E-state index in [1.807, 2.05) is 12.1 Å². The van der Waals surface area contributed by atoms with Gasteiger partial charge in [0.05, 0.1) is 0 Å². The lowest BCUT2D eigenvalue weighted by atomic mass is 9.98. The average molecular weight is 245 g/mol. The lowest BCUT2D eigenvalue weighted by molar-refractivity contribution is 0.339. The van der Waals surface area contributed by atoms with Crippen LogP contribution >= 0.6 is 0 Å². The summed E-state index contributed by atoms with van der Waals surface area (Å²) in [5.41, 5.74) is 1.56. The summed E-state index contributed by atoms with van der Waals surface area (Å²) in [6, 6.07) is 8.28. The standard InChI is InChI=1S/C16H23NO/c1-4-11-18-15-9-5-13(6-10-15)12-17-16(2,3)14-7-8-14/h4-6,9-10,14,17H,1,7-8,11-12H2,2-3H3. The second kappa shape index (κ2) is 5.57. The first-order valence-electron chi connectivity index (χ1n) is 6.69. The van der Waals surface area contributed by atoms with Crippen LogP contribution in [0, 0.1) is 5.92 Å². The molecular formula is C16H23NO. The smallest absolute Gasteiger partial charge is 0.119 e. The minimum absolute atomic E-state index is 0.262. The van der Waals surface area contributed by atoms with Crippen LogP contribution in [-0.2, 0) is 6.54 Å². The zero-order valence-corrected chi connectivity index (χ0v) is 11.4. The molecule has 1 N–H and O–H groups in total. The Morgan fingerprint density at radius 3 is 2.56 bits per heavy atom. The van der Waals surface area contributed by atoms with Crippen molar-refractivity contribution >= 4 is 0 Å². The van der Waals surface area contributed by atoms with Crippen molar-refractivity contribution in [2.75, 3.05) is 6.61 Å². The normalized spacial score (nSPS) is 15.4. The van der Waals surface area contributed by atoms with Gasteiger partial charge < -0.3 is 10.1 Å². The molecule has 1 aromatic carbocycles. The highest BCUT2D eigenvalue weighted by Gasteiger charge is 2.36. The Kier molecular flexibility index (Phi) is 4.07.